The van der Waals surface area contributed by atoms with Crippen molar-refractivity contribution in [1.82, 2.24) is 29.3 Å². The number of imidazole rings is 1. The van der Waals surface area contributed by atoms with Crippen molar-refractivity contribution >= 4 is 27.9 Å². The maximum Gasteiger partial charge on any atom is 0.274 e. The van der Waals surface area contributed by atoms with Crippen molar-refractivity contribution in [2.75, 3.05) is 11.9 Å². The van der Waals surface area contributed by atoms with Gasteiger partial charge < -0.3 is 9.88 Å². The van der Waals surface area contributed by atoms with E-state index in [1.54, 1.807) is 24.8 Å². The van der Waals surface area contributed by atoms with Crippen LogP contribution in [0.5, 0.6) is 0 Å². The zero-order valence-corrected chi connectivity index (χ0v) is 13.0. The maximum absolute atomic E-state index is 12.4. The molecule has 0 spiro atoms. The Balaban J connectivity index is 1.50. The van der Waals surface area contributed by atoms with Crippen LogP contribution in [0.2, 0.25) is 0 Å². The molecule has 24 heavy (non-hydrogen) atoms. The van der Waals surface area contributed by atoms with E-state index in [1.165, 1.54) is 4.68 Å². The summed E-state index contributed by atoms with van der Waals surface area (Å²) in [7, 11) is 1.89. The Morgan fingerprint density at radius 1 is 1.17 bits per heavy atom. The zero-order chi connectivity index (χ0) is 16.5. The smallest absolute Gasteiger partial charge is 0.274 e. The minimum Gasteiger partial charge on any atom is -0.352 e. The lowest BCUT2D eigenvalue weighted by Gasteiger charge is -2.07. The molecule has 0 bridgehead atoms. The minimum atomic E-state index is -0.101. The fourth-order valence-corrected chi connectivity index (χ4v) is 2.56. The minimum absolute atomic E-state index is 0.101. The third-order valence-electron chi connectivity index (χ3n) is 3.85. The molecule has 3 aromatic heterocycles. The van der Waals surface area contributed by atoms with E-state index in [0.29, 0.717) is 30.1 Å². The van der Waals surface area contributed by atoms with Crippen molar-refractivity contribution in [3.05, 3.63) is 53.3 Å². The first-order valence-electron chi connectivity index (χ1n) is 7.55. The number of nitrogens with zero attached hydrogens (tertiary/aromatic N) is 6. The van der Waals surface area contributed by atoms with Crippen LogP contribution in [0.1, 0.15) is 0 Å². The summed E-state index contributed by atoms with van der Waals surface area (Å²) in [6, 6.07) is 7.42. The van der Waals surface area contributed by atoms with Crippen LogP contribution < -0.4 is 10.9 Å². The molecule has 4 rings (SSSR count). The highest BCUT2D eigenvalue weighted by Gasteiger charge is 2.05. The molecule has 0 saturated heterocycles. The van der Waals surface area contributed by atoms with Gasteiger partial charge in [-0.15, -0.1) is 0 Å². The third-order valence-corrected chi connectivity index (χ3v) is 3.85. The molecule has 8 nitrogen and oxygen atoms in total. The van der Waals surface area contributed by atoms with Crippen LogP contribution >= 0.6 is 0 Å². The number of benzene rings is 1. The van der Waals surface area contributed by atoms with Gasteiger partial charge in [-0.1, -0.05) is 18.2 Å². The van der Waals surface area contributed by atoms with E-state index in [2.05, 4.69) is 25.4 Å². The van der Waals surface area contributed by atoms with Gasteiger partial charge >= 0.3 is 0 Å². The fourth-order valence-electron chi connectivity index (χ4n) is 2.56. The van der Waals surface area contributed by atoms with Gasteiger partial charge in [-0.05, 0) is 6.07 Å². The zero-order valence-electron chi connectivity index (χ0n) is 13.0. The van der Waals surface area contributed by atoms with Crippen LogP contribution in [0, 0.1) is 0 Å². The molecular weight excluding hydrogens is 306 g/mol. The molecule has 0 atom stereocenters. The Bertz CT molecular complexity index is 1080. The highest BCUT2D eigenvalue weighted by atomic mass is 16.1. The van der Waals surface area contributed by atoms with Crippen molar-refractivity contribution in [2.45, 2.75) is 6.54 Å². The summed E-state index contributed by atoms with van der Waals surface area (Å²) in [5.41, 5.74) is 1.40. The number of aromatic nitrogens is 6. The predicted octanol–water partition coefficient (Wildman–Crippen LogP) is 1.19. The largest absolute Gasteiger partial charge is 0.352 e. The Hall–Kier alpha value is -3.29. The lowest BCUT2D eigenvalue weighted by atomic mass is 10.2. The molecule has 0 radical (unpaired) electrons. The number of anilines is 1. The van der Waals surface area contributed by atoms with E-state index in [9.17, 15) is 4.79 Å². The van der Waals surface area contributed by atoms with Gasteiger partial charge in [0.25, 0.3) is 5.56 Å². The monoisotopic (exact) mass is 321 g/mol. The van der Waals surface area contributed by atoms with Crippen LogP contribution in [-0.2, 0) is 13.6 Å². The normalized spacial score (nSPS) is 11.2. The summed E-state index contributed by atoms with van der Waals surface area (Å²) in [5, 5.41) is 8.81. The maximum atomic E-state index is 12.4. The quantitative estimate of drug-likeness (QED) is 0.607. The molecule has 1 aromatic carbocycles. The van der Waals surface area contributed by atoms with E-state index < -0.39 is 0 Å². The number of fused-ring (bicyclic) bond motifs is 2. The van der Waals surface area contributed by atoms with Crippen molar-refractivity contribution < 1.29 is 0 Å². The van der Waals surface area contributed by atoms with Gasteiger partial charge in [0, 0.05) is 19.0 Å². The summed E-state index contributed by atoms with van der Waals surface area (Å²) in [5.74, 6) is 0.482. The first-order chi connectivity index (χ1) is 11.7. The average molecular weight is 321 g/mol. The molecule has 3 heterocycles. The fraction of sp³-hybridized carbons (Fsp3) is 0.188. The van der Waals surface area contributed by atoms with Crippen LogP contribution in [0.15, 0.2) is 47.8 Å². The lowest BCUT2D eigenvalue weighted by molar-refractivity contribution is 0.603. The van der Waals surface area contributed by atoms with Crippen LogP contribution in [0.3, 0.4) is 0 Å². The Morgan fingerprint density at radius 2 is 2.04 bits per heavy atom. The standard InChI is InChI=1S/C16H15N7O/c1-22-10-19-14-13(22)9-18-16(21-14)17-6-7-23-15(24)12-5-3-2-4-11(12)8-20-23/h2-5,8-10H,6-7H2,1H3,(H,17,18,21). The van der Waals surface area contributed by atoms with Gasteiger partial charge in [0.05, 0.1) is 30.7 Å². The highest BCUT2D eigenvalue weighted by Crippen LogP contribution is 2.09. The first kappa shape index (κ1) is 14.3. The second-order valence-corrected chi connectivity index (χ2v) is 5.44. The first-order valence-corrected chi connectivity index (χ1v) is 7.55. The van der Waals surface area contributed by atoms with Crippen molar-refractivity contribution in [1.29, 1.82) is 0 Å². The van der Waals surface area contributed by atoms with E-state index in [-0.39, 0.29) is 5.56 Å². The molecule has 0 aliphatic heterocycles. The summed E-state index contributed by atoms with van der Waals surface area (Å²) >= 11 is 0. The van der Waals surface area contributed by atoms with E-state index in [4.69, 9.17) is 0 Å². The molecule has 0 saturated carbocycles. The lowest BCUT2D eigenvalue weighted by Crippen LogP contribution is -2.26. The highest BCUT2D eigenvalue weighted by molar-refractivity contribution is 5.80. The van der Waals surface area contributed by atoms with Gasteiger partial charge in [-0.2, -0.15) is 10.1 Å². The number of aryl methyl sites for hydroxylation is 1. The van der Waals surface area contributed by atoms with Crippen molar-refractivity contribution in [3.63, 3.8) is 0 Å². The molecule has 0 aliphatic rings. The molecule has 0 amide bonds. The Kier molecular flexibility index (Phi) is 3.42. The Labute approximate surface area is 136 Å². The van der Waals surface area contributed by atoms with Crippen molar-refractivity contribution in [2.24, 2.45) is 7.05 Å². The average Bonchev–Trinajstić information content (AvgIpc) is 2.98. The van der Waals surface area contributed by atoms with Crippen LogP contribution in [0.25, 0.3) is 21.9 Å². The van der Waals surface area contributed by atoms with E-state index in [0.717, 1.165) is 10.9 Å². The number of nitrogens with one attached hydrogen (secondary N) is 1. The Morgan fingerprint density at radius 3 is 2.96 bits per heavy atom. The summed E-state index contributed by atoms with van der Waals surface area (Å²) in [4.78, 5) is 25.2. The number of hydrogen-bond acceptors (Lipinski definition) is 6. The molecular formula is C16H15N7O. The van der Waals surface area contributed by atoms with Gasteiger partial charge in [0.1, 0.15) is 5.52 Å². The van der Waals surface area contributed by atoms with Gasteiger partial charge in [0.15, 0.2) is 5.65 Å². The van der Waals surface area contributed by atoms with E-state index >= 15 is 0 Å². The molecule has 8 heteroatoms. The summed E-state index contributed by atoms with van der Waals surface area (Å²) in [6.07, 6.45) is 5.12. The number of rotatable bonds is 4. The molecule has 120 valence electrons. The third kappa shape index (κ3) is 2.47. The number of hydrogen-bond donors (Lipinski definition) is 1. The predicted molar refractivity (Wildman–Crippen MR) is 90.8 cm³/mol. The molecule has 0 fully saturated rings. The second-order valence-electron chi connectivity index (χ2n) is 5.44. The van der Waals surface area contributed by atoms with Crippen molar-refractivity contribution in [3.8, 4) is 0 Å². The SMILES string of the molecule is Cn1cnc2nc(NCCn3ncc4ccccc4c3=O)ncc21. The molecule has 0 aliphatic carbocycles. The van der Waals surface area contributed by atoms with Gasteiger partial charge in [0.2, 0.25) is 5.95 Å². The van der Waals surface area contributed by atoms with Crippen LogP contribution in [-0.4, -0.2) is 35.8 Å². The van der Waals surface area contributed by atoms with E-state index in [1.807, 2.05) is 29.8 Å². The van der Waals surface area contributed by atoms with Crippen LogP contribution in [0.4, 0.5) is 5.95 Å². The summed E-state index contributed by atoms with van der Waals surface area (Å²) < 4.78 is 3.30. The summed E-state index contributed by atoms with van der Waals surface area (Å²) in [6.45, 7) is 0.914. The van der Waals surface area contributed by atoms with Gasteiger partial charge in [-0.3, -0.25) is 4.79 Å². The molecule has 0 unspecified atom stereocenters. The molecule has 4 aromatic rings. The van der Waals surface area contributed by atoms with Gasteiger partial charge in [-0.25, -0.2) is 14.6 Å². The topological polar surface area (TPSA) is 90.5 Å². The molecule has 1 N–H and O–H groups in total. The second kappa shape index (κ2) is 5.73.